The Morgan fingerprint density at radius 3 is 2.35 bits per heavy atom. The van der Waals surface area contributed by atoms with E-state index in [1.54, 1.807) is 0 Å². The van der Waals surface area contributed by atoms with Gasteiger partial charge in [-0.2, -0.15) is 0 Å². The quantitative estimate of drug-likeness (QED) is 0.920. The molecule has 3 nitrogen and oxygen atoms in total. The molecule has 0 aromatic heterocycles. The van der Waals surface area contributed by atoms with E-state index in [1.807, 2.05) is 0 Å². The van der Waals surface area contributed by atoms with E-state index >= 15 is 0 Å². The second-order valence-electron chi connectivity index (χ2n) is 5.87. The van der Waals surface area contributed by atoms with Crippen LogP contribution in [0.3, 0.4) is 0 Å². The SMILES string of the molecule is CCc1cc2c(cc1CC1CCNCC1)OCCCO2. The summed E-state index contributed by atoms with van der Waals surface area (Å²) in [6, 6.07) is 4.44. The van der Waals surface area contributed by atoms with Crippen LogP contribution in [-0.2, 0) is 12.8 Å². The van der Waals surface area contributed by atoms with Crippen molar-refractivity contribution in [3.63, 3.8) is 0 Å². The van der Waals surface area contributed by atoms with Crippen molar-refractivity contribution in [2.24, 2.45) is 5.92 Å². The van der Waals surface area contributed by atoms with Gasteiger partial charge in [0.15, 0.2) is 11.5 Å². The van der Waals surface area contributed by atoms with Crippen LogP contribution in [-0.4, -0.2) is 26.3 Å². The van der Waals surface area contributed by atoms with E-state index in [9.17, 15) is 0 Å². The summed E-state index contributed by atoms with van der Waals surface area (Å²) in [5, 5.41) is 3.44. The molecule has 2 aliphatic rings. The minimum atomic E-state index is 0.768. The molecule has 0 amide bonds. The average molecular weight is 275 g/mol. The van der Waals surface area contributed by atoms with Crippen molar-refractivity contribution in [3.8, 4) is 11.5 Å². The molecule has 20 heavy (non-hydrogen) atoms. The van der Waals surface area contributed by atoms with Gasteiger partial charge >= 0.3 is 0 Å². The molecule has 0 unspecified atom stereocenters. The topological polar surface area (TPSA) is 30.5 Å². The van der Waals surface area contributed by atoms with Crippen LogP contribution in [0.15, 0.2) is 12.1 Å². The van der Waals surface area contributed by atoms with Crippen molar-refractivity contribution in [1.82, 2.24) is 5.32 Å². The van der Waals surface area contributed by atoms with Crippen LogP contribution in [0.5, 0.6) is 11.5 Å². The third-order valence-electron chi connectivity index (χ3n) is 4.42. The van der Waals surface area contributed by atoms with Crippen LogP contribution in [0.1, 0.15) is 37.3 Å². The normalized spacial score (nSPS) is 19.6. The number of aryl methyl sites for hydroxylation is 1. The maximum Gasteiger partial charge on any atom is 0.161 e. The lowest BCUT2D eigenvalue weighted by atomic mass is 9.88. The van der Waals surface area contributed by atoms with Crippen molar-refractivity contribution in [2.45, 2.75) is 39.0 Å². The fraction of sp³-hybridized carbons (Fsp3) is 0.647. The molecule has 2 heterocycles. The van der Waals surface area contributed by atoms with Crippen molar-refractivity contribution in [1.29, 1.82) is 0 Å². The van der Waals surface area contributed by atoms with E-state index in [4.69, 9.17) is 9.47 Å². The first kappa shape index (κ1) is 13.7. The van der Waals surface area contributed by atoms with Gasteiger partial charge in [-0.05, 0) is 68.0 Å². The van der Waals surface area contributed by atoms with Gasteiger partial charge in [0.2, 0.25) is 0 Å². The van der Waals surface area contributed by atoms with Crippen molar-refractivity contribution >= 4 is 0 Å². The lowest BCUT2D eigenvalue weighted by Gasteiger charge is -2.24. The number of fused-ring (bicyclic) bond motifs is 1. The van der Waals surface area contributed by atoms with Gasteiger partial charge in [-0.25, -0.2) is 0 Å². The minimum absolute atomic E-state index is 0.768. The van der Waals surface area contributed by atoms with E-state index in [1.165, 1.54) is 30.4 Å². The highest BCUT2D eigenvalue weighted by Gasteiger charge is 2.18. The van der Waals surface area contributed by atoms with Gasteiger partial charge in [0, 0.05) is 6.42 Å². The molecule has 0 saturated carbocycles. The molecular weight excluding hydrogens is 250 g/mol. The Labute approximate surface area is 121 Å². The van der Waals surface area contributed by atoms with E-state index < -0.39 is 0 Å². The molecule has 1 aromatic carbocycles. The van der Waals surface area contributed by atoms with E-state index in [-0.39, 0.29) is 0 Å². The van der Waals surface area contributed by atoms with Crippen LogP contribution >= 0.6 is 0 Å². The summed E-state index contributed by atoms with van der Waals surface area (Å²) in [6.45, 7) is 6.09. The third-order valence-corrected chi connectivity index (χ3v) is 4.42. The first-order valence-electron chi connectivity index (χ1n) is 7.99. The molecule has 0 spiro atoms. The molecule has 1 aromatic rings. The average Bonchev–Trinajstić information content (AvgIpc) is 2.72. The molecule has 3 rings (SSSR count). The zero-order chi connectivity index (χ0) is 13.8. The fourth-order valence-electron chi connectivity index (χ4n) is 3.21. The van der Waals surface area contributed by atoms with Gasteiger partial charge in [0.1, 0.15) is 0 Å². The summed E-state index contributed by atoms with van der Waals surface area (Å²) in [6.07, 6.45) is 5.80. The second kappa shape index (κ2) is 6.49. The first-order chi connectivity index (χ1) is 9.86. The van der Waals surface area contributed by atoms with Crippen molar-refractivity contribution in [3.05, 3.63) is 23.3 Å². The molecule has 2 aliphatic heterocycles. The molecular formula is C17H25NO2. The van der Waals surface area contributed by atoms with Gasteiger partial charge in [-0.3, -0.25) is 0 Å². The summed E-state index contributed by atoms with van der Waals surface area (Å²) in [5.41, 5.74) is 2.89. The molecule has 0 radical (unpaired) electrons. The molecule has 1 fully saturated rings. The lowest BCUT2D eigenvalue weighted by molar-refractivity contribution is 0.297. The lowest BCUT2D eigenvalue weighted by Crippen LogP contribution is -2.28. The monoisotopic (exact) mass is 275 g/mol. The number of ether oxygens (including phenoxy) is 2. The summed E-state index contributed by atoms with van der Waals surface area (Å²) in [7, 11) is 0. The molecule has 0 atom stereocenters. The fourth-order valence-corrected chi connectivity index (χ4v) is 3.21. The summed E-state index contributed by atoms with van der Waals surface area (Å²) in [4.78, 5) is 0. The van der Waals surface area contributed by atoms with Crippen LogP contribution in [0, 0.1) is 5.92 Å². The number of piperidine rings is 1. The number of rotatable bonds is 3. The van der Waals surface area contributed by atoms with Crippen molar-refractivity contribution in [2.75, 3.05) is 26.3 Å². The summed E-state index contributed by atoms with van der Waals surface area (Å²) >= 11 is 0. The van der Waals surface area contributed by atoms with Crippen LogP contribution in [0.25, 0.3) is 0 Å². The Morgan fingerprint density at radius 1 is 1.05 bits per heavy atom. The molecule has 3 heteroatoms. The van der Waals surface area contributed by atoms with Gasteiger partial charge in [-0.1, -0.05) is 6.92 Å². The Hall–Kier alpha value is -1.22. The Morgan fingerprint density at radius 2 is 1.70 bits per heavy atom. The van der Waals surface area contributed by atoms with Gasteiger partial charge in [0.25, 0.3) is 0 Å². The summed E-state index contributed by atoms with van der Waals surface area (Å²) < 4.78 is 11.6. The first-order valence-corrected chi connectivity index (χ1v) is 7.99. The number of hydrogen-bond donors (Lipinski definition) is 1. The smallest absolute Gasteiger partial charge is 0.161 e. The molecule has 1 N–H and O–H groups in total. The zero-order valence-corrected chi connectivity index (χ0v) is 12.4. The van der Waals surface area contributed by atoms with Crippen LogP contribution in [0.4, 0.5) is 0 Å². The predicted octanol–water partition coefficient (Wildman–Crippen LogP) is 2.95. The maximum atomic E-state index is 5.84. The van der Waals surface area contributed by atoms with E-state index in [2.05, 4.69) is 24.4 Å². The van der Waals surface area contributed by atoms with Crippen LogP contribution in [0.2, 0.25) is 0 Å². The third kappa shape index (κ3) is 3.09. The number of benzene rings is 1. The molecule has 0 bridgehead atoms. The maximum absolute atomic E-state index is 5.84. The number of nitrogens with one attached hydrogen (secondary N) is 1. The standard InChI is InChI=1S/C17H25NO2/c1-2-14-11-16-17(20-9-3-8-19-16)12-15(14)10-13-4-6-18-7-5-13/h11-13,18H,2-10H2,1H3. The van der Waals surface area contributed by atoms with Crippen LogP contribution < -0.4 is 14.8 Å². The Kier molecular flexibility index (Phi) is 4.46. The molecule has 0 aliphatic carbocycles. The Bertz CT molecular complexity index is 453. The van der Waals surface area contributed by atoms with Gasteiger partial charge in [0.05, 0.1) is 13.2 Å². The minimum Gasteiger partial charge on any atom is -0.490 e. The van der Waals surface area contributed by atoms with Crippen molar-refractivity contribution < 1.29 is 9.47 Å². The number of hydrogen-bond acceptors (Lipinski definition) is 3. The second-order valence-corrected chi connectivity index (χ2v) is 5.87. The molecule has 110 valence electrons. The molecule has 1 saturated heterocycles. The zero-order valence-electron chi connectivity index (χ0n) is 12.4. The Balaban J connectivity index is 1.82. The van der Waals surface area contributed by atoms with E-state index in [0.29, 0.717) is 0 Å². The highest BCUT2D eigenvalue weighted by atomic mass is 16.5. The predicted molar refractivity (Wildman–Crippen MR) is 80.7 cm³/mol. The largest absolute Gasteiger partial charge is 0.490 e. The highest BCUT2D eigenvalue weighted by Crippen LogP contribution is 2.34. The summed E-state index contributed by atoms with van der Waals surface area (Å²) in [5.74, 6) is 2.70. The van der Waals surface area contributed by atoms with E-state index in [0.717, 1.165) is 56.6 Å². The highest BCUT2D eigenvalue weighted by molar-refractivity contribution is 5.48. The van der Waals surface area contributed by atoms with Gasteiger partial charge in [-0.15, -0.1) is 0 Å². The van der Waals surface area contributed by atoms with Gasteiger partial charge < -0.3 is 14.8 Å².